The molecule has 1 rings (SSSR count). The molecule has 0 aliphatic carbocycles. The maximum absolute atomic E-state index is 13.5. The maximum Gasteiger partial charge on any atom is 0.343 e. The Kier molecular flexibility index (Phi) is 4.31. The number of benzene rings is 1. The van der Waals surface area contributed by atoms with E-state index in [1.807, 2.05) is 0 Å². The van der Waals surface area contributed by atoms with Gasteiger partial charge in [-0.05, 0) is 17.7 Å². The van der Waals surface area contributed by atoms with Crippen LogP contribution in [0.25, 0.3) is 0 Å². The van der Waals surface area contributed by atoms with Gasteiger partial charge in [-0.2, -0.15) is 5.26 Å². The second kappa shape index (κ2) is 5.53. The monoisotopic (exact) mass is 257 g/mol. The second-order valence-corrected chi connectivity index (χ2v) is 3.37. The molecule has 0 aliphatic rings. The van der Waals surface area contributed by atoms with E-state index in [2.05, 4.69) is 4.74 Å². The van der Waals surface area contributed by atoms with Gasteiger partial charge in [0.2, 0.25) is 0 Å². The first kappa shape index (κ1) is 14.0. The highest BCUT2D eigenvalue weighted by Crippen LogP contribution is 2.23. The number of methoxy groups -OCH3 is 1. The summed E-state index contributed by atoms with van der Waals surface area (Å²) < 4.78 is 31.1. The molecule has 0 aromatic heterocycles. The first-order valence-corrected chi connectivity index (χ1v) is 4.75. The van der Waals surface area contributed by atoms with Gasteiger partial charge in [0, 0.05) is 0 Å². The van der Waals surface area contributed by atoms with Crippen molar-refractivity contribution >= 4 is 5.97 Å². The molecule has 1 aromatic rings. The molecular formula is C11H9F2NO4. The van der Waals surface area contributed by atoms with Crippen LogP contribution in [0.1, 0.15) is 22.0 Å². The summed E-state index contributed by atoms with van der Waals surface area (Å²) in [6.07, 6.45) is -3.60. The molecule has 0 saturated carbocycles. The predicted octanol–water partition coefficient (Wildman–Crippen LogP) is 0.669. The number of halogens is 2. The van der Waals surface area contributed by atoms with E-state index in [-0.39, 0.29) is 5.56 Å². The molecule has 0 amide bonds. The standard InChI is InChI=1S/C11H9F2NO4/c1-18-11(17)9-6(12)2-5(3-7(9)13)10(16)8(15)4-14/h2-3,8,10,15-16H,1H3. The number of rotatable bonds is 3. The molecule has 0 radical (unpaired) electrons. The molecule has 2 atom stereocenters. The van der Waals surface area contributed by atoms with E-state index in [4.69, 9.17) is 10.4 Å². The van der Waals surface area contributed by atoms with E-state index in [0.717, 1.165) is 7.11 Å². The Morgan fingerprint density at radius 3 is 2.28 bits per heavy atom. The molecule has 96 valence electrons. The van der Waals surface area contributed by atoms with Crippen molar-refractivity contribution < 1.29 is 28.5 Å². The van der Waals surface area contributed by atoms with E-state index in [1.54, 1.807) is 0 Å². The average molecular weight is 257 g/mol. The molecule has 0 saturated heterocycles. The van der Waals surface area contributed by atoms with Crippen LogP contribution in [-0.2, 0) is 4.74 Å². The van der Waals surface area contributed by atoms with Crippen molar-refractivity contribution in [3.05, 3.63) is 34.9 Å². The van der Waals surface area contributed by atoms with Crippen molar-refractivity contribution in [1.82, 2.24) is 0 Å². The third kappa shape index (κ3) is 2.61. The highest BCUT2D eigenvalue weighted by atomic mass is 19.1. The van der Waals surface area contributed by atoms with Crippen LogP contribution in [0.3, 0.4) is 0 Å². The molecule has 2 N–H and O–H groups in total. The van der Waals surface area contributed by atoms with Gasteiger partial charge < -0.3 is 14.9 Å². The molecule has 5 nitrogen and oxygen atoms in total. The van der Waals surface area contributed by atoms with Gasteiger partial charge in [0.1, 0.15) is 23.3 Å². The zero-order valence-corrected chi connectivity index (χ0v) is 9.22. The van der Waals surface area contributed by atoms with Gasteiger partial charge in [0.25, 0.3) is 0 Å². The molecule has 0 bridgehead atoms. The zero-order chi connectivity index (χ0) is 13.9. The van der Waals surface area contributed by atoms with Gasteiger partial charge in [-0.3, -0.25) is 0 Å². The molecule has 0 heterocycles. The van der Waals surface area contributed by atoms with Crippen molar-refractivity contribution in [2.24, 2.45) is 0 Å². The minimum absolute atomic E-state index is 0.355. The van der Waals surface area contributed by atoms with Crippen LogP contribution < -0.4 is 0 Å². The fraction of sp³-hybridized carbons (Fsp3) is 0.273. The van der Waals surface area contributed by atoms with Crippen molar-refractivity contribution in [3.63, 3.8) is 0 Å². The first-order valence-electron chi connectivity index (χ1n) is 4.75. The number of carbonyl (C=O) groups is 1. The van der Waals surface area contributed by atoms with Gasteiger partial charge in [0.05, 0.1) is 13.2 Å². The summed E-state index contributed by atoms with van der Waals surface area (Å²) in [5.41, 5.74) is -1.26. The van der Waals surface area contributed by atoms with Crippen molar-refractivity contribution in [3.8, 4) is 6.07 Å². The Balaban J connectivity index is 3.23. The highest BCUT2D eigenvalue weighted by molar-refractivity contribution is 5.90. The third-order valence-electron chi connectivity index (χ3n) is 2.23. The van der Waals surface area contributed by atoms with E-state index < -0.39 is 35.4 Å². The average Bonchev–Trinajstić information content (AvgIpc) is 2.35. The molecule has 0 spiro atoms. The summed E-state index contributed by atoms with van der Waals surface area (Å²) >= 11 is 0. The Hall–Kier alpha value is -2.04. The number of esters is 1. The maximum atomic E-state index is 13.5. The lowest BCUT2D eigenvalue weighted by Crippen LogP contribution is -2.17. The van der Waals surface area contributed by atoms with Crippen molar-refractivity contribution in [2.75, 3.05) is 7.11 Å². The van der Waals surface area contributed by atoms with Crippen LogP contribution in [0, 0.1) is 23.0 Å². The van der Waals surface area contributed by atoms with Crippen LogP contribution in [0.2, 0.25) is 0 Å². The second-order valence-electron chi connectivity index (χ2n) is 3.37. The van der Waals surface area contributed by atoms with E-state index in [1.165, 1.54) is 6.07 Å². The molecule has 0 aliphatic heterocycles. The molecular weight excluding hydrogens is 248 g/mol. The summed E-state index contributed by atoms with van der Waals surface area (Å²) in [6.45, 7) is 0. The van der Waals surface area contributed by atoms with Gasteiger partial charge in [-0.15, -0.1) is 0 Å². The number of nitrogens with zero attached hydrogens (tertiary/aromatic N) is 1. The summed E-state index contributed by atoms with van der Waals surface area (Å²) in [7, 11) is 0.962. The predicted molar refractivity (Wildman–Crippen MR) is 54.3 cm³/mol. The Labute approximate surface area is 101 Å². The number of aliphatic hydroxyl groups is 2. The Morgan fingerprint density at radius 2 is 1.89 bits per heavy atom. The number of nitriles is 1. The summed E-state index contributed by atoms with van der Waals surface area (Å²) in [5.74, 6) is -3.70. The molecule has 1 aromatic carbocycles. The van der Waals surface area contributed by atoms with Crippen molar-refractivity contribution in [1.29, 1.82) is 5.26 Å². The van der Waals surface area contributed by atoms with Gasteiger partial charge >= 0.3 is 5.97 Å². The lowest BCUT2D eigenvalue weighted by molar-refractivity contribution is 0.0519. The molecule has 2 unspecified atom stereocenters. The van der Waals surface area contributed by atoms with Gasteiger partial charge in [-0.1, -0.05) is 0 Å². The van der Waals surface area contributed by atoms with Crippen LogP contribution in [-0.4, -0.2) is 29.4 Å². The highest BCUT2D eigenvalue weighted by Gasteiger charge is 2.24. The molecule has 0 fully saturated rings. The minimum Gasteiger partial charge on any atom is -0.465 e. The van der Waals surface area contributed by atoms with Crippen LogP contribution in [0.4, 0.5) is 8.78 Å². The van der Waals surface area contributed by atoms with Crippen LogP contribution in [0.15, 0.2) is 12.1 Å². The summed E-state index contributed by atoms with van der Waals surface area (Å²) in [4.78, 5) is 11.1. The van der Waals surface area contributed by atoms with Crippen LogP contribution >= 0.6 is 0 Å². The number of carbonyl (C=O) groups excluding carboxylic acids is 1. The topological polar surface area (TPSA) is 90.6 Å². The minimum atomic E-state index is -1.83. The summed E-state index contributed by atoms with van der Waals surface area (Å²) in [5, 5.41) is 26.8. The number of aliphatic hydroxyl groups excluding tert-OH is 2. The largest absolute Gasteiger partial charge is 0.465 e. The summed E-state index contributed by atoms with van der Waals surface area (Å²) in [6, 6.07) is 2.63. The van der Waals surface area contributed by atoms with Gasteiger partial charge in [-0.25, -0.2) is 13.6 Å². The normalized spacial score (nSPS) is 13.6. The van der Waals surface area contributed by atoms with Crippen LogP contribution in [0.5, 0.6) is 0 Å². The van der Waals surface area contributed by atoms with Crippen molar-refractivity contribution in [2.45, 2.75) is 12.2 Å². The quantitative estimate of drug-likeness (QED) is 0.613. The smallest absolute Gasteiger partial charge is 0.343 e. The lowest BCUT2D eigenvalue weighted by Gasteiger charge is -2.13. The number of ether oxygens (including phenoxy) is 1. The Morgan fingerprint density at radius 1 is 1.39 bits per heavy atom. The number of hydrogen-bond donors (Lipinski definition) is 2. The Bertz CT molecular complexity index is 489. The van der Waals surface area contributed by atoms with Gasteiger partial charge in [0.15, 0.2) is 6.10 Å². The number of hydrogen-bond acceptors (Lipinski definition) is 5. The van der Waals surface area contributed by atoms with E-state index in [0.29, 0.717) is 12.1 Å². The lowest BCUT2D eigenvalue weighted by atomic mass is 10.0. The molecule has 7 heteroatoms. The SMILES string of the molecule is COC(=O)c1c(F)cc(C(O)C(O)C#N)cc1F. The zero-order valence-electron chi connectivity index (χ0n) is 9.22. The van der Waals surface area contributed by atoms with E-state index in [9.17, 15) is 18.7 Å². The third-order valence-corrected chi connectivity index (χ3v) is 2.23. The fourth-order valence-electron chi connectivity index (χ4n) is 1.31. The first-order chi connectivity index (χ1) is 8.42. The fourth-order valence-corrected chi connectivity index (χ4v) is 1.31. The molecule has 18 heavy (non-hydrogen) atoms. The van der Waals surface area contributed by atoms with E-state index >= 15 is 0 Å².